The first-order valence-electron chi connectivity index (χ1n) is 10.2. The largest absolute Gasteiger partial charge is 0.496 e. The summed E-state index contributed by atoms with van der Waals surface area (Å²) in [6, 6.07) is 11.7. The van der Waals surface area contributed by atoms with Gasteiger partial charge in [0.1, 0.15) is 11.4 Å². The van der Waals surface area contributed by atoms with Crippen LogP contribution in [0.2, 0.25) is 0 Å². The van der Waals surface area contributed by atoms with E-state index in [0.29, 0.717) is 17.3 Å². The third-order valence-corrected chi connectivity index (χ3v) is 5.95. The molecule has 0 amide bonds. The number of alkyl halides is 3. The van der Waals surface area contributed by atoms with E-state index in [0.717, 1.165) is 54.7 Å². The van der Waals surface area contributed by atoms with Crippen molar-refractivity contribution in [3.8, 4) is 17.0 Å². The Morgan fingerprint density at radius 1 is 1.00 bits per heavy atom. The molecular weight excluding hydrogens is 405 g/mol. The molecule has 31 heavy (non-hydrogen) atoms. The molecule has 1 saturated heterocycles. The summed E-state index contributed by atoms with van der Waals surface area (Å²) >= 11 is 0. The molecule has 0 N–H and O–H groups in total. The molecule has 164 valence electrons. The smallest absolute Gasteiger partial charge is 0.416 e. The number of piperidine rings is 1. The van der Waals surface area contributed by atoms with Crippen molar-refractivity contribution in [2.45, 2.75) is 25.1 Å². The van der Waals surface area contributed by atoms with E-state index in [1.54, 1.807) is 0 Å². The Hall–Kier alpha value is -2.87. The first kappa shape index (κ1) is 21.4. The van der Waals surface area contributed by atoms with Gasteiger partial charge in [0.25, 0.3) is 0 Å². The van der Waals surface area contributed by atoms with Crippen molar-refractivity contribution in [1.29, 1.82) is 0 Å². The summed E-state index contributed by atoms with van der Waals surface area (Å²) < 4.78 is 44.7. The lowest BCUT2D eigenvalue weighted by Crippen LogP contribution is -2.42. The highest BCUT2D eigenvalue weighted by Crippen LogP contribution is 2.39. The number of benzene rings is 2. The van der Waals surface area contributed by atoms with Gasteiger partial charge in [0.2, 0.25) is 0 Å². The average Bonchev–Trinajstić information content (AvgIpc) is 2.77. The molecule has 3 aromatic rings. The molecule has 0 saturated carbocycles. The number of aromatic nitrogens is 2. The van der Waals surface area contributed by atoms with Crippen LogP contribution in [0.25, 0.3) is 22.0 Å². The van der Waals surface area contributed by atoms with Crippen molar-refractivity contribution in [3.63, 3.8) is 0 Å². The van der Waals surface area contributed by atoms with E-state index < -0.39 is 11.7 Å². The number of halogens is 3. The van der Waals surface area contributed by atoms with Gasteiger partial charge in [-0.25, -0.2) is 0 Å². The quantitative estimate of drug-likeness (QED) is 0.592. The van der Waals surface area contributed by atoms with Crippen LogP contribution in [0.5, 0.6) is 5.75 Å². The Labute approximate surface area is 179 Å². The predicted molar refractivity (Wildman–Crippen MR) is 115 cm³/mol. The van der Waals surface area contributed by atoms with Crippen LogP contribution >= 0.6 is 0 Å². The van der Waals surface area contributed by atoms with E-state index >= 15 is 0 Å². The van der Waals surface area contributed by atoms with Crippen LogP contribution in [0.4, 0.5) is 19.0 Å². The maximum atomic E-state index is 13.1. The zero-order valence-corrected chi connectivity index (χ0v) is 17.8. The molecule has 0 atom stereocenters. The molecule has 2 aromatic carbocycles. The number of nitrogens with zero attached hydrogens (tertiary/aromatic N) is 4. The van der Waals surface area contributed by atoms with Crippen molar-refractivity contribution < 1.29 is 17.9 Å². The normalized spacial score (nSPS) is 15.6. The second-order valence-electron chi connectivity index (χ2n) is 8.01. The van der Waals surface area contributed by atoms with E-state index in [1.807, 2.05) is 24.3 Å². The zero-order chi connectivity index (χ0) is 22.2. The maximum absolute atomic E-state index is 13.1. The van der Waals surface area contributed by atoms with Crippen LogP contribution in [-0.4, -0.2) is 55.4 Å². The molecule has 0 unspecified atom stereocenters. The molecule has 0 bridgehead atoms. The number of hydrogen-bond acceptors (Lipinski definition) is 5. The fourth-order valence-electron chi connectivity index (χ4n) is 4.18. The molecule has 1 aliphatic rings. The van der Waals surface area contributed by atoms with Gasteiger partial charge >= 0.3 is 6.18 Å². The topological polar surface area (TPSA) is 41.5 Å². The Kier molecular flexibility index (Phi) is 5.75. The molecule has 0 radical (unpaired) electrons. The maximum Gasteiger partial charge on any atom is 0.416 e. The number of anilines is 1. The summed E-state index contributed by atoms with van der Waals surface area (Å²) in [7, 11) is 5.56. The lowest BCUT2D eigenvalue weighted by molar-refractivity contribution is -0.137. The SMILES string of the molecule is COc1cc(C(F)(F)F)ccc1-c1nnc(N2CCC(N(C)C)CC2)c2ccccc12. The zero-order valence-electron chi connectivity index (χ0n) is 17.8. The molecule has 4 rings (SSSR count). The van der Waals surface area contributed by atoms with Gasteiger partial charge in [-0.2, -0.15) is 13.2 Å². The standard InChI is InChI=1S/C23H25F3N4O/c1-29(2)16-10-12-30(13-11-16)22-18-7-5-4-6-17(18)21(27-28-22)19-9-8-15(23(24,25)26)14-20(19)31-3/h4-9,14,16H,10-13H2,1-3H3. The Morgan fingerprint density at radius 3 is 2.29 bits per heavy atom. The highest BCUT2D eigenvalue weighted by atomic mass is 19.4. The van der Waals surface area contributed by atoms with Crippen molar-refractivity contribution in [2.75, 3.05) is 39.2 Å². The van der Waals surface area contributed by atoms with E-state index in [-0.39, 0.29) is 5.75 Å². The van der Waals surface area contributed by atoms with Crippen LogP contribution in [0.3, 0.4) is 0 Å². The fourth-order valence-corrected chi connectivity index (χ4v) is 4.18. The van der Waals surface area contributed by atoms with Crippen LogP contribution in [0.1, 0.15) is 18.4 Å². The van der Waals surface area contributed by atoms with Crippen molar-refractivity contribution in [3.05, 3.63) is 48.0 Å². The lowest BCUT2D eigenvalue weighted by atomic mass is 10.0. The Bertz CT molecular complexity index is 1080. The summed E-state index contributed by atoms with van der Waals surface area (Å²) in [6.07, 6.45) is -2.36. The van der Waals surface area contributed by atoms with Gasteiger partial charge in [0.15, 0.2) is 5.82 Å². The van der Waals surface area contributed by atoms with E-state index in [1.165, 1.54) is 13.2 Å². The molecule has 2 heterocycles. The molecular formula is C23H25F3N4O. The highest BCUT2D eigenvalue weighted by Gasteiger charge is 2.32. The van der Waals surface area contributed by atoms with Crippen molar-refractivity contribution in [1.82, 2.24) is 15.1 Å². The number of hydrogen-bond donors (Lipinski definition) is 0. The molecule has 0 spiro atoms. The minimum atomic E-state index is -4.44. The number of ether oxygens (including phenoxy) is 1. The number of fused-ring (bicyclic) bond motifs is 1. The summed E-state index contributed by atoms with van der Waals surface area (Å²) in [5.41, 5.74) is 0.232. The third kappa shape index (κ3) is 4.17. The molecule has 5 nitrogen and oxygen atoms in total. The van der Waals surface area contributed by atoms with E-state index in [4.69, 9.17) is 4.74 Å². The van der Waals surface area contributed by atoms with Gasteiger partial charge in [-0.15, -0.1) is 10.2 Å². The number of rotatable bonds is 4. The van der Waals surface area contributed by atoms with Gasteiger partial charge in [0.05, 0.1) is 12.7 Å². The fraction of sp³-hybridized carbons (Fsp3) is 0.391. The van der Waals surface area contributed by atoms with Crippen LogP contribution in [0.15, 0.2) is 42.5 Å². The lowest BCUT2D eigenvalue weighted by Gasteiger charge is -2.36. The van der Waals surface area contributed by atoms with Crippen LogP contribution in [0, 0.1) is 0 Å². The summed E-state index contributed by atoms with van der Waals surface area (Å²) in [4.78, 5) is 4.49. The van der Waals surface area contributed by atoms with Gasteiger partial charge in [-0.05, 0) is 45.1 Å². The first-order chi connectivity index (χ1) is 14.8. The van der Waals surface area contributed by atoms with Crippen LogP contribution < -0.4 is 9.64 Å². The highest BCUT2D eigenvalue weighted by molar-refractivity contribution is 6.01. The average molecular weight is 430 g/mol. The van der Waals surface area contributed by atoms with E-state index in [2.05, 4.69) is 34.1 Å². The van der Waals surface area contributed by atoms with Gasteiger partial charge in [0, 0.05) is 35.5 Å². The monoisotopic (exact) mass is 430 g/mol. The minimum absolute atomic E-state index is 0.119. The minimum Gasteiger partial charge on any atom is -0.496 e. The van der Waals surface area contributed by atoms with Gasteiger partial charge in [-0.1, -0.05) is 24.3 Å². The second kappa shape index (κ2) is 8.34. The van der Waals surface area contributed by atoms with Crippen LogP contribution in [-0.2, 0) is 6.18 Å². The Balaban J connectivity index is 1.76. The first-order valence-corrected chi connectivity index (χ1v) is 10.2. The molecule has 1 fully saturated rings. The third-order valence-electron chi connectivity index (χ3n) is 5.95. The summed E-state index contributed by atoms with van der Waals surface area (Å²) in [5.74, 6) is 0.927. The predicted octanol–water partition coefficient (Wildman–Crippen LogP) is 4.85. The van der Waals surface area contributed by atoms with Crippen molar-refractivity contribution in [2.24, 2.45) is 0 Å². The van der Waals surface area contributed by atoms with Gasteiger partial charge < -0.3 is 14.5 Å². The summed E-state index contributed by atoms with van der Waals surface area (Å²) in [5, 5.41) is 10.7. The summed E-state index contributed by atoms with van der Waals surface area (Å²) in [6.45, 7) is 1.76. The second-order valence-corrected chi connectivity index (χ2v) is 8.01. The van der Waals surface area contributed by atoms with Gasteiger partial charge in [-0.3, -0.25) is 0 Å². The van der Waals surface area contributed by atoms with E-state index in [9.17, 15) is 13.2 Å². The molecule has 1 aliphatic heterocycles. The molecule has 0 aliphatic carbocycles. The molecule has 8 heteroatoms. The Morgan fingerprint density at radius 2 is 1.68 bits per heavy atom. The van der Waals surface area contributed by atoms with Crippen molar-refractivity contribution >= 4 is 16.6 Å². The number of methoxy groups -OCH3 is 1. The molecule has 1 aromatic heterocycles.